The Morgan fingerprint density at radius 3 is 2.38 bits per heavy atom. The summed E-state index contributed by atoms with van der Waals surface area (Å²) < 4.78 is 1.38. The molecule has 1 aromatic heterocycles. The lowest BCUT2D eigenvalue weighted by Gasteiger charge is -2.06. The number of hydrogen-bond donors (Lipinski definition) is 2. The van der Waals surface area contributed by atoms with E-state index in [2.05, 4.69) is 5.32 Å². The van der Waals surface area contributed by atoms with Gasteiger partial charge in [0, 0.05) is 31.4 Å². The van der Waals surface area contributed by atoms with Crippen LogP contribution in [0, 0.1) is 0 Å². The number of carbonyl (C=O) groups is 2. The molecule has 0 aliphatic heterocycles. The SMILES string of the molecule is Cn1ccc(C(=O)NCc2ccc(C(=O)O)cc2)cc1=O. The molecule has 0 radical (unpaired) electrons. The molecule has 21 heavy (non-hydrogen) atoms. The number of carboxylic acid groups (broad SMARTS) is 1. The summed E-state index contributed by atoms with van der Waals surface area (Å²) in [4.78, 5) is 34.1. The van der Waals surface area contributed by atoms with Crippen molar-refractivity contribution >= 4 is 11.9 Å². The van der Waals surface area contributed by atoms with Crippen molar-refractivity contribution in [2.45, 2.75) is 6.54 Å². The highest BCUT2D eigenvalue weighted by Gasteiger charge is 2.07. The van der Waals surface area contributed by atoms with E-state index in [1.54, 1.807) is 25.2 Å². The molecule has 0 aliphatic carbocycles. The molecule has 6 heteroatoms. The van der Waals surface area contributed by atoms with Gasteiger partial charge in [0.15, 0.2) is 0 Å². The Bertz CT molecular complexity index is 732. The molecule has 2 rings (SSSR count). The number of aryl methyl sites for hydroxylation is 1. The standard InChI is InChI=1S/C15H14N2O4/c1-17-7-6-12(8-13(17)18)14(19)16-9-10-2-4-11(5-3-10)15(20)21/h2-8H,9H2,1H3,(H,16,19)(H,20,21). The predicted molar refractivity (Wildman–Crippen MR) is 76.3 cm³/mol. The van der Waals surface area contributed by atoms with Crippen molar-refractivity contribution < 1.29 is 14.7 Å². The zero-order valence-electron chi connectivity index (χ0n) is 11.4. The number of carbonyl (C=O) groups excluding carboxylic acids is 1. The van der Waals surface area contributed by atoms with Gasteiger partial charge >= 0.3 is 5.97 Å². The van der Waals surface area contributed by atoms with Crippen LogP contribution < -0.4 is 10.9 Å². The van der Waals surface area contributed by atoms with Crippen LogP contribution in [0.25, 0.3) is 0 Å². The fourth-order valence-electron chi connectivity index (χ4n) is 1.74. The lowest BCUT2D eigenvalue weighted by molar-refractivity contribution is 0.0696. The van der Waals surface area contributed by atoms with Crippen molar-refractivity contribution in [2.75, 3.05) is 0 Å². The van der Waals surface area contributed by atoms with Crippen LogP contribution in [0.2, 0.25) is 0 Å². The van der Waals surface area contributed by atoms with E-state index in [4.69, 9.17) is 5.11 Å². The Balaban J connectivity index is 2.02. The summed E-state index contributed by atoms with van der Waals surface area (Å²) in [6.07, 6.45) is 1.53. The van der Waals surface area contributed by atoms with Gasteiger partial charge in [0.05, 0.1) is 5.56 Å². The Hall–Kier alpha value is -2.89. The molecule has 2 N–H and O–H groups in total. The molecule has 2 aromatic rings. The van der Waals surface area contributed by atoms with Gasteiger partial charge in [0.25, 0.3) is 11.5 Å². The van der Waals surface area contributed by atoms with E-state index < -0.39 is 5.97 Å². The van der Waals surface area contributed by atoms with Crippen LogP contribution in [0.1, 0.15) is 26.3 Å². The minimum Gasteiger partial charge on any atom is -0.478 e. The zero-order chi connectivity index (χ0) is 15.4. The summed E-state index contributed by atoms with van der Waals surface area (Å²) in [6, 6.07) is 9.04. The summed E-state index contributed by atoms with van der Waals surface area (Å²) in [5.41, 5.74) is 1.00. The highest BCUT2D eigenvalue weighted by Crippen LogP contribution is 2.04. The van der Waals surface area contributed by atoms with E-state index in [0.717, 1.165) is 5.56 Å². The lowest BCUT2D eigenvalue weighted by Crippen LogP contribution is -2.25. The molecule has 0 atom stereocenters. The van der Waals surface area contributed by atoms with E-state index in [-0.39, 0.29) is 23.6 Å². The van der Waals surface area contributed by atoms with Crippen molar-refractivity contribution in [2.24, 2.45) is 7.05 Å². The highest BCUT2D eigenvalue weighted by atomic mass is 16.4. The number of rotatable bonds is 4. The fourth-order valence-corrected chi connectivity index (χ4v) is 1.74. The number of amides is 1. The average Bonchev–Trinajstić information content (AvgIpc) is 2.48. The Labute approximate surface area is 120 Å². The van der Waals surface area contributed by atoms with E-state index in [9.17, 15) is 14.4 Å². The van der Waals surface area contributed by atoms with Crippen molar-refractivity contribution in [3.63, 3.8) is 0 Å². The Kier molecular flexibility index (Phi) is 4.18. The normalized spacial score (nSPS) is 10.1. The molecule has 1 heterocycles. The maximum Gasteiger partial charge on any atom is 0.335 e. The average molecular weight is 286 g/mol. The van der Waals surface area contributed by atoms with E-state index >= 15 is 0 Å². The monoisotopic (exact) mass is 286 g/mol. The van der Waals surface area contributed by atoms with Crippen molar-refractivity contribution in [3.05, 3.63) is 69.6 Å². The molecule has 0 aliphatic rings. The highest BCUT2D eigenvalue weighted by molar-refractivity contribution is 5.94. The van der Waals surface area contributed by atoms with Crippen LogP contribution in [-0.2, 0) is 13.6 Å². The number of aromatic carboxylic acids is 1. The summed E-state index contributed by atoms with van der Waals surface area (Å²) >= 11 is 0. The van der Waals surface area contributed by atoms with Gasteiger partial charge in [-0.2, -0.15) is 0 Å². The van der Waals surface area contributed by atoms with E-state index in [1.165, 1.54) is 29.0 Å². The van der Waals surface area contributed by atoms with Gasteiger partial charge in [-0.3, -0.25) is 9.59 Å². The van der Waals surface area contributed by atoms with Gasteiger partial charge in [0.2, 0.25) is 0 Å². The van der Waals surface area contributed by atoms with Crippen LogP contribution in [0.5, 0.6) is 0 Å². The molecule has 0 fully saturated rings. The largest absolute Gasteiger partial charge is 0.478 e. The number of nitrogens with one attached hydrogen (secondary N) is 1. The molecule has 1 amide bonds. The van der Waals surface area contributed by atoms with Crippen LogP contribution in [0.4, 0.5) is 0 Å². The fraction of sp³-hybridized carbons (Fsp3) is 0.133. The molecule has 0 unspecified atom stereocenters. The molecular formula is C15H14N2O4. The summed E-state index contributed by atoms with van der Waals surface area (Å²) in [6.45, 7) is 0.258. The summed E-state index contributed by atoms with van der Waals surface area (Å²) in [7, 11) is 1.61. The minimum atomic E-state index is -0.995. The maximum absolute atomic E-state index is 11.9. The van der Waals surface area contributed by atoms with Crippen molar-refractivity contribution in [1.82, 2.24) is 9.88 Å². The zero-order valence-corrected chi connectivity index (χ0v) is 11.4. The first kappa shape index (κ1) is 14.5. The first-order valence-electron chi connectivity index (χ1n) is 6.24. The maximum atomic E-state index is 11.9. The van der Waals surface area contributed by atoms with Gasteiger partial charge in [-0.15, -0.1) is 0 Å². The van der Waals surface area contributed by atoms with E-state index in [1.807, 2.05) is 0 Å². The van der Waals surface area contributed by atoms with Crippen LogP contribution in [-0.4, -0.2) is 21.6 Å². The van der Waals surface area contributed by atoms with Crippen LogP contribution in [0.3, 0.4) is 0 Å². The minimum absolute atomic E-state index is 0.191. The van der Waals surface area contributed by atoms with Gasteiger partial charge in [0.1, 0.15) is 0 Å². The topological polar surface area (TPSA) is 88.4 Å². The van der Waals surface area contributed by atoms with Gasteiger partial charge in [-0.05, 0) is 23.8 Å². The second kappa shape index (κ2) is 6.04. The third-order valence-corrected chi connectivity index (χ3v) is 3.02. The Morgan fingerprint density at radius 2 is 1.81 bits per heavy atom. The van der Waals surface area contributed by atoms with Crippen molar-refractivity contribution in [1.29, 1.82) is 0 Å². The molecule has 6 nitrogen and oxygen atoms in total. The molecule has 0 bridgehead atoms. The molecular weight excluding hydrogens is 272 g/mol. The Morgan fingerprint density at radius 1 is 1.14 bits per heavy atom. The number of nitrogens with zero attached hydrogens (tertiary/aromatic N) is 1. The smallest absolute Gasteiger partial charge is 0.335 e. The van der Waals surface area contributed by atoms with Crippen LogP contribution >= 0.6 is 0 Å². The van der Waals surface area contributed by atoms with Gasteiger partial charge in [-0.25, -0.2) is 4.79 Å². The molecule has 0 saturated carbocycles. The van der Waals surface area contributed by atoms with Gasteiger partial charge in [-0.1, -0.05) is 12.1 Å². The number of aromatic nitrogens is 1. The first-order valence-corrected chi connectivity index (χ1v) is 6.24. The van der Waals surface area contributed by atoms with E-state index in [0.29, 0.717) is 5.56 Å². The molecule has 0 spiro atoms. The predicted octanol–water partition coefficient (Wildman–Crippen LogP) is 1.01. The third-order valence-electron chi connectivity index (χ3n) is 3.02. The summed E-state index contributed by atoms with van der Waals surface area (Å²) in [5, 5.41) is 11.5. The second-order valence-electron chi connectivity index (χ2n) is 4.55. The number of pyridine rings is 1. The third kappa shape index (κ3) is 3.56. The van der Waals surface area contributed by atoms with Gasteiger partial charge < -0.3 is 15.0 Å². The molecule has 108 valence electrons. The number of hydrogen-bond acceptors (Lipinski definition) is 3. The lowest BCUT2D eigenvalue weighted by atomic mass is 10.1. The second-order valence-corrected chi connectivity index (χ2v) is 4.55. The molecule has 0 saturated heterocycles. The number of benzene rings is 1. The quantitative estimate of drug-likeness (QED) is 0.878. The van der Waals surface area contributed by atoms with Crippen molar-refractivity contribution in [3.8, 4) is 0 Å². The first-order chi connectivity index (χ1) is 9.97. The molecule has 1 aromatic carbocycles. The summed E-state index contributed by atoms with van der Waals surface area (Å²) in [5.74, 6) is -1.35. The van der Waals surface area contributed by atoms with Crippen LogP contribution in [0.15, 0.2) is 47.4 Å². The number of carboxylic acids is 1.